The lowest BCUT2D eigenvalue weighted by atomic mass is 10.1. The number of hydrogen-bond acceptors (Lipinski definition) is 1. The Hall–Kier alpha value is -1.75. The number of hydrogen-bond donors (Lipinski definition) is 1. The molecule has 1 aromatic carbocycles. The predicted molar refractivity (Wildman–Crippen MR) is 47.3 cm³/mol. The highest BCUT2D eigenvalue weighted by Crippen LogP contribution is 2.03. The summed E-state index contributed by atoms with van der Waals surface area (Å²) < 4.78 is 0. The van der Waals surface area contributed by atoms with Crippen LogP contribution in [0.3, 0.4) is 0 Å². The molecule has 0 aliphatic rings. The number of carbonyl (C=O) groups is 1. The van der Waals surface area contributed by atoms with E-state index in [0.717, 1.165) is 11.1 Å². The fourth-order valence-electron chi connectivity index (χ4n) is 0.842. The molecule has 2 heteroatoms. The fourth-order valence-corrected chi connectivity index (χ4v) is 0.842. The van der Waals surface area contributed by atoms with Crippen LogP contribution in [0.2, 0.25) is 0 Å². The summed E-state index contributed by atoms with van der Waals surface area (Å²) >= 11 is 0. The molecule has 1 rings (SSSR count). The van der Waals surface area contributed by atoms with Crippen molar-refractivity contribution in [2.24, 2.45) is 5.73 Å². The molecule has 0 radical (unpaired) electrons. The molecular formula is C10H9NO. The molecule has 2 N–H and O–H groups in total. The second-order valence-corrected chi connectivity index (χ2v) is 2.43. The molecule has 0 aliphatic heterocycles. The van der Waals surface area contributed by atoms with Crippen molar-refractivity contribution < 1.29 is 4.79 Å². The van der Waals surface area contributed by atoms with Gasteiger partial charge in [0.05, 0.1) is 0 Å². The second-order valence-electron chi connectivity index (χ2n) is 2.43. The van der Waals surface area contributed by atoms with Crippen molar-refractivity contribution in [3.63, 3.8) is 0 Å². The van der Waals surface area contributed by atoms with Gasteiger partial charge in [-0.25, -0.2) is 0 Å². The molecule has 0 atom stereocenters. The van der Waals surface area contributed by atoms with Gasteiger partial charge in [-0.3, -0.25) is 4.79 Å². The largest absolute Gasteiger partial charge is 0.359 e. The van der Waals surface area contributed by atoms with Crippen LogP contribution in [0.15, 0.2) is 24.3 Å². The van der Waals surface area contributed by atoms with Crippen LogP contribution >= 0.6 is 0 Å². The molecule has 60 valence electrons. The first-order valence-electron chi connectivity index (χ1n) is 3.57. The Morgan fingerprint density at radius 2 is 2.08 bits per heavy atom. The van der Waals surface area contributed by atoms with Crippen LogP contribution in [0, 0.1) is 18.8 Å². The zero-order valence-electron chi connectivity index (χ0n) is 6.79. The molecule has 0 bridgehead atoms. The minimum Gasteiger partial charge on any atom is -0.359 e. The number of primary amides is 1. The van der Waals surface area contributed by atoms with Gasteiger partial charge in [0.15, 0.2) is 0 Å². The first-order chi connectivity index (χ1) is 5.70. The zero-order chi connectivity index (χ0) is 8.97. The minimum absolute atomic E-state index is 0.599. The molecule has 1 aromatic rings. The third-order valence-corrected chi connectivity index (χ3v) is 1.47. The predicted octanol–water partition coefficient (Wildman–Crippen LogP) is 0.832. The van der Waals surface area contributed by atoms with E-state index in [1.807, 2.05) is 31.2 Å². The quantitative estimate of drug-likeness (QED) is 0.560. The summed E-state index contributed by atoms with van der Waals surface area (Å²) in [6, 6.07) is 7.58. The van der Waals surface area contributed by atoms with E-state index < -0.39 is 5.91 Å². The van der Waals surface area contributed by atoms with E-state index in [4.69, 9.17) is 5.73 Å². The van der Waals surface area contributed by atoms with Crippen LogP contribution in [0.1, 0.15) is 11.1 Å². The maximum atomic E-state index is 10.3. The minimum atomic E-state index is -0.599. The normalized spacial score (nSPS) is 8.42. The summed E-state index contributed by atoms with van der Waals surface area (Å²) in [4.78, 5) is 10.3. The average Bonchev–Trinajstić information content (AvgIpc) is 2.03. The van der Waals surface area contributed by atoms with Crippen molar-refractivity contribution in [1.29, 1.82) is 0 Å². The van der Waals surface area contributed by atoms with E-state index >= 15 is 0 Å². The van der Waals surface area contributed by atoms with Gasteiger partial charge in [0.2, 0.25) is 0 Å². The lowest BCUT2D eigenvalue weighted by molar-refractivity contribution is -0.112. The van der Waals surface area contributed by atoms with Crippen LogP contribution in [0.5, 0.6) is 0 Å². The molecule has 2 nitrogen and oxygen atoms in total. The van der Waals surface area contributed by atoms with Crippen molar-refractivity contribution in [3.05, 3.63) is 35.4 Å². The van der Waals surface area contributed by atoms with Crippen LogP contribution in [0.4, 0.5) is 0 Å². The Balaban J connectivity index is 2.99. The summed E-state index contributed by atoms with van der Waals surface area (Å²) in [7, 11) is 0. The van der Waals surface area contributed by atoms with Gasteiger partial charge in [-0.15, -0.1) is 0 Å². The van der Waals surface area contributed by atoms with E-state index in [0.29, 0.717) is 0 Å². The monoisotopic (exact) mass is 159 g/mol. The molecule has 0 heterocycles. The van der Waals surface area contributed by atoms with Crippen molar-refractivity contribution >= 4 is 5.91 Å². The molecule has 0 aliphatic carbocycles. The smallest absolute Gasteiger partial charge is 0.293 e. The lowest BCUT2D eigenvalue weighted by Crippen LogP contribution is -2.06. The maximum Gasteiger partial charge on any atom is 0.293 e. The van der Waals surface area contributed by atoms with Gasteiger partial charge < -0.3 is 5.73 Å². The molecule has 1 amide bonds. The van der Waals surface area contributed by atoms with E-state index in [9.17, 15) is 4.79 Å². The lowest BCUT2D eigenvalue weighted by Gasteiger charge is -1.93. The number of rotatable bonds is 0. The number of carbonyl (C=O) groups excluding carboxylic acids is 1. The second kappa shape index (κ2) is 3.59. The molecule has 0 saturated heterocycles. The first kappa shape index (κ1) is 8.35. The van der Waals surface area contributed by atoms with Gasteiger partial charge in [-0.05, 0) is 24.5 Å². The molecule has 0 fully saturated rings. The van der Waals surface area contributed by atoms with E-state index in [1.54, 1.807) is 0 Å². The Morgan fingerprint density at radius 1 is 1.42 bits per heavy atom. The summed E-state index contributed by atoms with van der Waals surface area (Å²) in [6.45, 7) is 1.94. The highest BCUT2D eigenvalue weighted by Gasteiger charge is 1.90. The van der Waals surface area contributed by atoms with Gasteiger partial charge in [-0.1, -0.05) is 24.1 Å². The van der Waals surface area contributed by atoms with E-state index in [-0.39, 0.29) is 0 Å². The van der Waals surface area contributed by atoms with Gasteiger partial charge in [0.1, 0.15) is 0 Å². The SMILES string of the molecule is Cc1ccccc1C#CC(N)=O. The Bertz CT molecular complexity index is 358. The molecular weight excluding hydrogens is 150 g/mol. The number of benzene rings is 1. The fraction of sp³-hybridized carbons (Fsp3) is 0.100. The standard InChI is InChI=1S/C10H9NO/c1-8-4-2-3-5-9(8)6-7-10(11)12/h2-5H,1H3,(H2,11,12). The molecule has 0 spiro atoms. The maximum absolute atomic E-state index is 10.3. The highest BCUT2D eigenvalue weighted by molar-refractivity contribution is 5.92. The first-order valence-corrected chi connectivity index (χ1v) is 3.57. The summed E-state index contributed by atoms with van der Waals surface area (Å²) in [5, 5.41) is 0. The Morgan fingerprint density at radius 3 is 2.67 bits per heavy atom. The Labute approximate surface area is 71.4 Å². The van der Waals surface area contributed by atoms with Crippen LogP contribution < -0.4 is 5.73 Å². The molecule has 0 saturated carbocycles. The average molecular weight is 159 g/mol. The highest BCUT2D eigenvalue weighted by atomic mass is 16.1. The summed E-state index contributed by atoms with van der Waals surface area (Å²) in [5.74, 6) is 4.38. The van der Waals surface area contributed by atoms with Gasteiger partial charge >= 0.3 is 0 Å². The summed E-state index contributed by atoms with van der Waals surface area (Å²) in [6.07, 6.45) is 0. The Kier molecular flexibility index (Phi) is 2.49. The van der Waals surface area contributed by atoms with Crippen molar-refractivity contribution in [2.75, 3.05) is 0 Å². The van der Waals surface area contributed by atoms with Crippen molar-refractivity contribution in [2.45, 2.75) is 6.92 Å². The zero-order valence-corrected chi connectivity index (χ0v) is 6.79. The molecule has 0 unspecified atom stereocenters. The van der Waals surface area contributed by atoms with Crippen LogP contribution in [-0.4, -0.2) is 5.91 Å². The van der Waals surface area contributed by atoms with Crippen LogP contribution in [-0.2, 0) is 4.79 Å². The summed E-state index contributed by atoms with van der Waals surface area (Å²) in [5.41, 5.74) is 6.77. The van der Waals surface area contributed by atoms with Gasteiger partial charge in [-0.2, -0.15) is 0 Å². The third-order valence-electron chi connectivity index (χ3n) is 1.47. The van der Waals surface area contributed by atoms with Crippen molar-refractivity contribution in [1.82, 2.24) is 0 Å². The topological polar surface area (TPSA) is 43.1 Å². The number of aryl methyl sites for hydroxylation is 1. The van der Waals surface area contributed by atoms with Crippen molar-refractivity contribution in [3.8, 4) is 11.8 Å². The number of nitrogens with two attached hydrogens (primary N) is 1. The van der Waals surface area contributed by atoms with Crippen LogP contribution in [0.25, 0.3) is 0 Å². The third kappa shape index (κ3) is 2.14. The molecule has 0 aromatic heterocycles. The van der Waals surface area contributed by atoms with Gasteiger partial charge in [0.25, 0.3) is 5.91 Å². The van der Waals surface area contributed by atoms with E-state index in [1.165, 1.54) is 0 Å². The van der Waals surface area contributed by atoms with E-state index in [2.05, 4.69) is 11.8 Å². The van der Waals surface area contributed by atoms with Gasteiger partial charge in [0, 0.05) is 5.56 Å². The molecule has 12 heavy (non-hydrogen) atoms. The number of amides is 1.